The van der Waals surface area contributed by atoms with E-state index in [1.807, 2.05) is 18.2 Å². The summed E-state index contributed by atoms with van der Waals surface area (Å²) < 4.78 is 5.77. The van der Waals surface area contributed by atoms with Crippen molar-refractivity contribution in [2.24, 2.45) is 0 Å². The van der Waals surface area contributed by atoms with Crippen LogP contribution >= 0.6 is 0 Å². The molecule has 1 aromatic rings. The first-order valence-electron chi connectivity index (χ1n) is 6.26. The lowest BCUT2D eigenvalue weighted by atomic mass is 10.1. The molecule has 0 aromatic heterocycles. The van der Waals surface area contributed by atoms with Crippen LogP contribution in [-0.4, -0.2) is 56.0 Å². The van der Waals surface area contributed by atoms with Crippen LogP contribution in [0.15, 0.2) is 30.3 Å². The first-order chi connectivity index (χ1) is 8.66. The number of nitrogens with zero attached hydrogens (tertiary/aromatic N) is 2. The molecule has 18 heavy (non-hydrogen) atoms. The monoisotopic (exact) mass is 248 g/mol. The summed E-state index contributed by atoms with van der Waals surface area (Å²) in [6.45, 7) is 2.76. The first-order valence-corrected chi connectivity index (χ1v) is 6.26. The number of hydrogen-bond acceptors (Lipinski definition) is 3. The molecule has 98 valence electrons. The molecule has 0 radical (unpaired) electrons. The van der Waals surface area contributed by atoms with Crippen molar-refractivity contribution in [3.8, 4) is 0 Å². The Bertz CT molecular complexity index is 392. The van der Waals surface area contributed by atoms with Gasteiger partial charge in [-0.2, -0.15) is 0 Å². The van der Waals surface area contributed by atoms with E-state index in [4.69, 9.17) is 4.74 Å². The van der Waals surface area contributed by atoms with E-state index in [2.05, 4.69) is 17.0 Å². The Labute approximate surface area is 108 Å². The van der Waals surface area contributed by atoms with E-state index in [1.165, 1.54) is 5.56 Å². The third kappa shape index (κ3) is 3.31. The third-order valence-electron chi connectivity index (χ3n) is 3.18. The zero-order chi connectivity index (χ0) is 13.0. The van der Waals surface area contributed by atoms with E-state index in [0.717, 1.165) is 13.1 Å². The van der Waals surface area contributed by atoms with Crippen LogP contribution < -0.4 is 0 Å². The SMILES string of the molecule is CN(C)C(=O)CN1CCO[C@H](c2ccccc2)C1. The zero-order valence-electron chi connectivity index (χ0n) is 11.0. The largest absolute Gasteiger partial charge is 0.371 e. The van der Waals surface area contributed by atoms with Crippen LogP contribution in [0.2, 0.25) is 0 Å². The van der Waals surface area contributed by atoms with E-state index >= 15 is 0 Å². The van der Waals surface area contributed by atoms with Gasteiger partial charge in [-0.3, -0.25) is 9.69 Å². The topological polar surface area (TPSA) is 32.8 Å². The van der Waals surface area contributed by atoms with E-state index in [9.17, 15) is 4.79 Å². The van der Waals surface area contributed by atoms with Gasteiger partial charge in [-0.25, -0.2) is 0 Å². The van der Waals surface area contributed by atoms with Gasteiger partial charge in [0.25, 0.3) is 0 Å². The van der Waals surface area contributed by atoms with Gasteiger partial charge in [-0.1, -0.05) is 30.3 Å². The molecule has 1 fully saturated rings. The van der Waals surface area contributed by atoms with Crippen LogP contribution in [0.25, 0.3) is 0 Å². The summed E-state index contributed by atoms with van der Waals surface area (Å²) >= 11 is 0. The maximum Gasteiger partial charge on any atom is 0.236 e. The van der Waals surface area contributed by atoms with Crippen molar-refractivity contribution in [1.29, 1.82) is 0 Å². The molecule has 1 aromatic carbocycles. The molecule has 1 heterocycles. The molecule has 4 nitrogen and oxygen atoms in total. The minimum atomic E-state index is 0.0786. The highest BCUT2D eigenvalue weighted by Gasteiger charge is 2.23. The second kappa shape index (κ2) is 5.98. The fraction of sp³-hybridized carbons (Fsp3) is 0.500. The number of amides is 1. The summed E-state index contributed by atoms with van der Waals surface area (Å²) in [4.78, 5) is 15.5. The number of likely N-dealkylation sites (N-methyl/N-ethyl adjacent to an activating group) is 1. The quantitative estimate of drug-likeness (QED) is 0.804. The van der Waals surface area contributed by atoms with E-state index < -0.39 is 0 Å². The summed E-state index contributed by atoms with van der Waals surface area (Å²) in [6, 6.07) is 10.2. The lowest BCUT2D eigenvalue weighted by Gasteiger charge is -2.33. The number of rotatable bonds is 3. The molecular formula is C14H20N2O2. The maximum absolute atomic E-state index is 11.7. The number of ether oxygens (including phenoxy) is 1. The molecule has 1 atom stereocenters. The van der Waals surface area contributed by atoms with Gasteiger partial charge in [0.05, 0.1) is 19.3 Å². The number of hydrogen-bond donors (Lipinski definition) is 0. The number of benzene rings is 1. The van der Waals surface area contributed by atoms with E-state index in [1.54, 1.807) is 19.0 Å². The number of carbonyl (C=O) groups excluding carboxylic acids is 1. The molecule has 0 unspecified atom stereocenters. The molecule has 1 saturated heterocycles. The van der Waals surface area contributed by atoms with E-state index in [0.29, 0.717) is 13.2 Å². The number of morpholine rings is 1. The highest BCUT2D eigenvalue weighted by molar-refractivity contribution is 5.77. The standard InChI is InChI=1S/C14H20N2O2/c1-15(2)14(17)11-16-8-9-18-13(10-16)12-6-4-3-5-7-12/h3-7,13H,8-11H2,1-2H3/t13-/m0/s1. The average Bonchev–Trinajstić information content (AvgIpc) is 2.40. The third-order valence-corrected chi connectivity index (χ3v) is 3.18. The Morgan fingerprint density at radius 3 is 2.78 bits per heavy atom. The number of carbonyl (C=O) groups is 1. The van der Waals surface area contributed by atoms with Gasteiger partial charge >= 0.3 is 0 Å². The van der Waals surface area contributed by atoms with Crippen molar-refractivity contribution in [1.82, 2.24) is 9.80 Å². The minimum Gasteiger partial charge on any atom is -0.371 e. The van der Waals surface area contributed by atoms with Crippen molar-refractivity contribution in [3.63, 3.8) is 0 Å². The maximum atomic E-state index is 11.7. The van der Waals surface area contributed by atoms with Crippen molar-refractivity contribution >= 4 is 5.91 Å². The fourth-order valence-corrected chi connectivity index (χ4v) is 2.05. The lowest BCUT2D eigenvalue weighted by Crippen LogP contribution is -2.43. The molecule has 0 aliphatic carbocycles. The Morgan fingerprint density at radius 1 is 1.39 bits per heavy atom. The molecule has 1 amide bonds. The smallest absolute Gasteiger partial charge is 0.236 e. The second-order valence-corrected chi connectivity index (χ2v) is 4.79. The molecule has 1 aliphatic heterocycles. The zero-order valence-corrected chi connectivity index (χ0v) is 11.0. The van der Waals surface area contributed by atoms with Crippen LogP contribution in [0.4, 0.5) is 0 Å². The van der Waals surface area contributed by atoms with Gasteiger partial charge in [0, 0.05) is 27.2 Å². The van der Waals surface area contributed by atoms with Gasteiger partial charge < -0.3 is 9.64 Å². The Kier molecular flexibility index (Phi) is 4.33. The average molecular weight is 248 g/mol. The Hall–Kier alpha value is -1.39. The summed E-state index contributed by atoms with van der Waals surface area (Å²) in [5.41, 5.74) is 1.18. The summed E-state index contributed by atoms with van der Waals surface area (Å²) in [5, 5.41) is 0. The van der Waals surface area contributed by atoms with Crippen molar-refractivity contribution in [2.45, 2.75) is 6.10 Å². The summed E-state index contributed by atoms with van der Waals surface area (Å²) in [6.07, 6.45) is 0.0786. The van der Waals surface area contributed by atoms with Gasteiger partial charge in [0.15, 0.2) is 0 Å². The molecule has 1 aliphatic rings. The normalized spacial score (nSPS) is 20.7. The molecule has 0 spiro atoms. The Balaban J connectivity index is 1.95. The first kappa shape index (κ1) is 13.1. The molecular weight excluding hydrogens is 228 g/mol. The molecule has 0 bridgehead atoms. The van der Waals surface area contributed by atoms with Crippen LogP contribution in [0.3, 0.4) is 0 Å². The fourth-order valence-electron chi connectivity index (χ4n) is 2.05. The molecule has 4 heteroatoms. The van der Waals surface area contributed by atoms with Gasteiger partial charge in [-0.05, 0) is 5.56 Å². The van der Waals surface area contributed by atoms with E-state index in [-0.39, 0.29) is 12.0 Å². The summed E-state index contributed by atoms with van der Waals surface area (Å²) in [7, 11) is 3.58. The molecule has 2 rings (SSSR count). The van der Waals surface area contributed by atoms with Crippen molar-refractivity contribution in [2.75, 3.05) is 40.3 Å². The van der Waals surface area contributed by atoms with Crippen LogP contribution in [-0.2, 0) is 9.53 Å². The summed E-state index contributed by atoms with van der Waals surface area (Å²) in [5.74, 6) is 0.142. The van der Waals surface area contributed by atoms with Crippen LogP contribution in [0.1, 0.15) is 11.7 Å². The van der Waals surface area contributed by atoms with Crippen molar-refractivity contribution in [3.05, 3.63) is 35.9 Å². The lowest BCUT2D eigenvalue weighted by molar-refractivity contribution is -0.132. The minimum absolute atomic E-state index is 0.0786. The predicted molar refractivity (Wildman–Crippen MR) is 70.3 cm³/mol. The predicted octanol–water partition coefficient (Wildman–Crippen LogP) is 1.15. The molecule has 0 N–H and O–H groups in total. The molecule has 0 saturated carbocycles. The van der Waals surface area contributed by atoms with Gasteiger partial charge in [0.2, 0.25) is 5.91 Å². The van der Waals surface area contributed by atoms with Gasteiger partial charge in [0.1, 0.15) is 0 Å². The van der Waals surface area contributed by atoms with Crippen LogP contribution in [0, 0.1) is 0 Å². The van der Waals surface area contributed by atoms with Crippen LogP contribution in [0.5, 0.6) is 0 Å². The highest BCUT2D eigenvalue weighted by atomic mass is 16.5. The second-order valence-electron chi connectivity index (χ2n) is 4.79. The Morgan fingerprint density at radius 2 is 2.11 bits per heavy atom. The highest BCUT2D eigenvalue weighted by Crippen LogP contribution is 2.21. The van der Waals surface area contributed by atoms with Gasteiger partial charge in [-0.15, -0.1) is 0 Å². The van der Waals surface area contributed by atoms with Crippen molar-refractivity contribution < 1.29 is 9.53 Å².